The molecule has 0 amide bonds. The Balaban J connectivity index is 2.36. The molecule has 1 aromatic rings. The highest BCUT2D eigenvalue weighted by molar-refractivity contribution is 6.09. The van der Waals surface area contributed by atoms with Gasteiger partial charge in [0.15, 0.2) is 6.04 Å². The average molecular weight is 529 g/mol. The Morgan fingerprint density at radius 1 is 0.868 bits per heavy atom. The minimum Gasteiger partial charge on any atom is -0.465 e. The summed E-state index contributed by atoms with van der Waals surface area (Å²) < 4.78 is 20.9. The first kappa shape index (κ1) is 28.7. The van der Waals surface area contributed by atoms with Crippen LogP contribution in [0, 0.1) is 0 Å². The maximum Gasteiger partial charge on any atom is 0.355 e. The van der Waals surface area contributed by atoms with Crippen LogP contribution in [0.4, 0.5) is 0 Å². The van der Waals surface area contributed by atoms with Crippen molar-refractivity contribution in [3.05, 3.63) is 58.4 Å². The van der Waals surface area contributed by atoms with E-state index >= 15 is 0 Å². The van der Waals surface area contributed by atoms with Crippen molar-refractivity contribution in [2.45, 2.75) is 64.6 Å². The summed E-state index contributed by atoms with van der Waals surface area (Å²) in [6, 6.07) is 7.57. The quantitative estimate of drug-likeness (QED) is 0.358. The zero-order valence-corrected chi connectivity index (χ0v) is 22.4. The summed E-state index contributed by atoms with van der Waals surface area (Å²) in [7, 11) is 2.37. The molecule has 0 saturated heterocycles. The largest absolute Gasteiger partial charge is 0.465 e. The molecule has 1 aromatic carbocycles. The van der Waals surface area contributed by atoms with E-state index in [0.717, 1.165) is 37.7 Å². The van der Waals surface area contributed by atoms with Gasteiger partial charge in [-0.1, -0.05) is 49.6 Å². The standard InChI is InChI=1S/C28H36N2O8/c1-5-37-26(32)21-22(29-19-15-11-8-12-16-19)20(25(31)35-3)23(27(33)36-4)30(24(21)28(34)38-6-2)17-18-13-9-7-10-14-18/h7,9-10,13-14,19,24,29H,5-6,8,11-12,15-17H2,1-4H3. The highest BCUT2D eigenvalue weighted by Crippen LogP contribution is 2.36. The lowest BCUT2D eigenvalue weighted by Gasteiger charge is -2.40. The lowest BCUT2D eigenvalue weighted by Crippen LogP contribution is -2.52. The number of ether oxygens (including phenoxy) is 4. The monoisotopic (exact) mass is 528 g/mol. The molecule has 1 unspecified atom stereocenters. The van der Waals surface area contributed by atoms with E-state index in [9.17, 15) is 19.2 Å². The lowest BCUT2D eigenvalue weighted by molar-refractivity contribution is -0.153. The molecule has 1 saturated carbocycles. The summed E-state index contributed by atoms with van der Waals surface area (Å²) in [5.74, 6) is -3.28. The first-order valence-electron chi connectivity index (χ1n) is 12.9. The molecular weight excluding hydrogens is 492 g/mol. The van der Waals surface area contributed by atoms with Crippen molar-refractivity contribution >= 4 is 23.9 Å². The minimum atomic E-state index is -1.39. The first-order chi connectivity index (χ1) is 18.4. The van der Waals surface area contributed by atoms with Gasteiger partial charge < -0.3 is 29.2 Å². The van der Waals surface area contributed by atoms with Crippen LogP contribution in [0.1, 0.15) is 51.5 Å². The molecule has 10 heteroatoms. The molecule has 1 N–H and O–H groups in total. The number of rotatable bonds is 10. The fourth-order valence-corrected chi connectivity index (χ4v) is 4.88. The number of nitrogens with one attached hydrogen (secondary N) is 1. The third-order valence-corrected chi connectivity index (χ3v) is 6.55. The molecule has 1 atom stereocenters. The Bertz CT molecular complexity index is 1090. The van der Waals surface area contributed by atoms with E-state index < -0.39 is 29.9 Å². The summed E-state index contributed by atoms with van der Waals surface area (Å²) in [6.07, 6.45) is 4.58. The fraction of sp³-hybridized carbons (Fsp3) is 0.500. The average Bonchev–Trinajstić information content (AvgIpc) is 2.93. The number of hydrogen-bond acceptors (Lipinski definition) is 10. The molecule has 1 heterocycles. The van der Waals surface area contributed by atoms with Gasteiger partial charge >= 0.3 is 23.9 Å². The maximum absolute atomic E-state index is 13.5. The van der Waals surface area contributed by atoms with Gasteiger partial charge in [-0.2, -0.15) is 0 Å². The Labute approximate surface area is 222 Å². The highest BCUT2D eigenvalue weighted by Gasteiger charge is 2.48. The summed E-state index contributed by atoms with van der Waals surface area (Å²) in [5.41, 5.74) is 0.251. The van der Waals surface area contributed by atoms with Crippen molar-refractivity contribution in [1.82, 2.24) is 10.2 Å². The van der Waals surface area contributed by atoms with Gasteiger partial charge in [-0.25, -0.2) is 19.2 Å². The maximum atomic E-state index is 13.5. The Hall–Kier alpha value is -3.82. The number of esters is 4. The van der Waals surface area contributed by atoms with Gasteiger partial charge in [0.25, 0.3) is 0 Å². The van der Waals surface area contributed by atoms with Crippen LogP contribution in [-0.4, -0.2) is 68.3 Å². The second kappa shape index (κ2) is 13.6. The number of benzene rings is 1. The normalized spacial score (nSPS) is 18.1. The number of carbonyl (C=O) groups excluding carboxylic acids is 4. The third kappa shape index (κ3) is 6.35. The van der Waals surface area contributed by atoms with Crippen LogP contribution < -0.4 is 5.32 Å². The Kier molecular flexibility index (Phi) is 10.3. The van der Waals surface area contributed by atoms with Gasteiger partial charge in [0, 0.05) is 12.6 Å². The van der Waals surface area contributed by atoms with Gasteiger partial charge in [0.05, 0.1) is 38.7 Å². The zero-order chi connectivity index (χ0) is 27.7. The SMILES string of the molecule is CCOC(=O)C1=C(NC2CCCCC2)C(C(=O)OC)=C(C(=O)OC)N(Cc2ccccc2)C1C(=O)OCC. The van der Waals surface area contributed by atoms with Crippen molar-refractivity contribution in [1.29, 1.82) is 0 Å². The van der Waals surface area contributed by atoms with Gasteiger partial charge in [0.2, 0.25) is 0 Å². The van der Waals surface area contributed by atoms with Crippen LogP contribution in [0.2, 0.25) is 0 Å². The van der Waals surface area contributed by atoms with Gasteiger partial charge in [-0.05, 0) is 32.3 Å². The third-order valence-electron chi connectivity index (χ3n) is 6.55. The van der Waals surface area contributed by atoms with Crippen molar-refractivity contribution in [2.24, 2.45) is 0 Å². The molecule has 1 fully saturated rings. The molecule has 38 heavy (non-hydrogen) atoms. The van der Waals surface area contributed by atoms with Crippen LogP contribution in [0.3, 0.4) is 0 Å². The summed E-state index contributed by atoms with van der Waals surface area (Å²) in [4.78, 5) is 55.1. The second-order valence-electron chi connectivity index (χ2n) is 8.96. The molecule has 10 nitrogen and oxygen atoms in total. The minimum absolute atomic E-state index is 0.00510. The van der Waals surface area contributed by atoms with Crippen LogP contribution >= 0.6 is 0 Å². The number of hydrogen-bond donors (Lipinski definition) is 1. The zero-order valence-electron chi connectivity index (χ0n) is 22.4. The van der Waals surface area contributed by atoms with E-state index in [-0.39, 0.29) is 48.3 Å². The van der Waals surface area contributed by atoms with Crippen molar-refractivity contribution < 1.29 is 38.1 Å². The van der Waals surface area contributed by atoms with Crippen LogP contribution in [0.15, 0.2) is 52.9 Å². The molecule has 0 radical (unpaired) electrons. The number of carbonyl (C=O) groups is 4. The molecule has 3 rings (SSSR count). The predicted molar refractivity (Wildman–Crippen MR) is 137 cm³/mol. The van der Waals surface area contributed by atoms with Crippen LogP contribution in [0.25, 0.3) is 0 Å². The summed E-state index contributed by atoms with van der Waals surface area (Å²) in [5, 5.41) is 3.31. The number of nitrogens with zero attached hydrogens (tertiary/aromatic N) is 1. The molecule has 2 aliphatic rings. The molecular formula is C28H36N2O8. The fourth-order valence-electron chi connectivity index (χ4n) is 4.88. The van der Waals surface area contributed by atoms with Crippen molar-refractivity contribution in [3.63, 3.8) is 0 Å². The molecule has 206 valence electrons. The summed E-state index contributed by atoms with van der Waals surface area (Å²) >= 11 is 0. The van der Waals surface area contributed by atoms with Crippen LogP contribution in [0.5, 0.6) is 0 Å². The van der Waals surface area contributed by atoms with Crippen LogP contribution in [-0.2, 0) is 44.7 Å². The summed E-state index contributed by atoms with van der Waals surface area (Å²) in [6.45, 7) is 3.36. The molecule has 1 aliphatic carbocycles. The van der Waals surface area contributed by atoms with E-state index in [0.29, 0.717) is 0 Å². The topological polar surface area (TPSA) is 120 Å². The lowest BCUT2D eigenvalue weighted by atomic mass is 9.88. The molecule has 1 aliphatic heterocycles. The number of methoxy groups -OCH3 is 2. The van der Waals surface area contributed by atoms with E-state index in [2.05, 4.69) is 5.32 Å². The van der Waals surface area contributed by atoms with Crippen molar-refractivity contribution in [3.8, 4) is 0 Å². The van der Waals surface area contributed by atoms with E-state index in [1.165, 1.54) is 19.1 Å². The molecule has 0 aromatic heterocycles. The smallest absolute Gasteiger partial charge is 0.355 e. The van der Waals surface area contributed by atoms with E-state index in [4.69, 9.17) is 18.9 Å². The van der Waals surface area contributed by atoms with Gasteiger partial charge in [-0.15, -0.1) is 0 Å². The Morgan fingerprint density at radius 3 is 2.08 bits per heavy atom. The van der Waals surface area contributed by atoms with Gasteiger partial charge in [0.1, 0.15) is 11.3 Å². The predicted octanol–water partition coefficient (Wildman–Crippen LogP) is 2.77. The first-order valence-corrected chi connectivity index (χ1v) is 12.9. The second-order valence-corrected chi connectivity index (χ2v) is 8.96. The highest BCUT2D eigenvalue weighted by atomic mass is 16.5. The molecule has 0 bridgehead atoms. The Morgan fingerprint density at radius 2 is 1.50 bits per heavy atom. The molecule has 0 spiro atoms. The van der Waals surface area contributed by atoms with E-state index in [1.54, 1.807) is 38.1 Å². The van der Waals surface area contributed by atoms with E-state index in [1.807, 2.05) is 6.07 Å². The van der Waals surface area contributed by atoms with Gasteiger partial charge in [-0.3, -0.25) is 0 Å². The van der Waals surface area contributed by atoms with Crippen molar-refractivity contribution in [2.75, 3.05) is 27.4 Å².